The zero-order valence-corrected chi connectivity index (χ0v) is 21.3. The molecule has 0 aromatic heterocycles. The summed E-state index contributed by atoms with van der Waals surface area (Å²) in [6, 6.07) is 16.1. The lowest BCUT2D eigenvalue weighted by Gasteiger charge is -2.18. The lowest BCUT2D eigenvalue weighted by molar-refractivity contribution is 0.0734. The van der Waals surface area contributed by atoms with E-state index in [-0.39, 0.29) is 17.0 Å². The molecule has 0 radical (unpaired) electrons. The van der Waals surface area contributed by atoms with Crippen LogP contribution >= 0.6 is 15.9 Å². The van der Waals surface area contributed by atoms with E-state index in [0.29, 0.717) is 39.5 Å². The Kier molecular flexibility index (Phi) is 6.36. The monoisotopic (exact) mass is 520 g/mol. The SMILES string of the molecule is COc1ccc(Br)cc1/C=C1\Oc2cc(OC(=O)c3ccc(C(C)(C)C)cc3)cc(C)c2C1=O. The van der Waals surface area contributed by atoms with Crippen molar-refractivity contribution in [3.8, 4) is 17.2 Å². The van der Waals surface area contributed by atoms with Crippen molar-refractivity contribution in [3.63, 3.8) is 0 Å². The summed E-state index contributed by atoms with van der Waals surface area (Å²) in [5.74, 6) is 0.762. The van der Waals surface area contributed by atoms with Gasteiger partial charge < -0.3 is 14.2 Å². The lowest BCUT2D eigenvalue weighted by atomic mass is 9.87. The molecular weight excluding hydrogens is 496 g/mol. The first kappa shape index (κ1) is 23.8. The smallest absolute Gasteiger partial charge is 0.343 e. The Bertz CT molecular complexity index is 1310. The van der Waals surface area contributed by atoms with Crippen molar-refractivity contribution in [1.29, 1.82) is 0 Å². The molecule has 1 aliphatic rings. The molecule has 6 heteroatoms. The maximum absolute atomic E-state index is 13.0. The van der Waals surface area contributed by atoms with Crippen LogP contribution in [0.15, 0.2) is 64.8 Å². The van der Waals surface area contributed by atoms with Crippen molar-refractivity contribution in [2.45, 2.75) is 33.1 Å². The van der Waals surface area contributed by atoms with Gasteiger partial charge in [0.05, 0.1) is 18.2 Å². The third kappa shape index (κ3) is 4.77. The molecule has 4 rings (SSSR count). The molecule has 0 saturated heterocycles. The fourth-order valence-electron chi connectivity index (χ4n) is 3.77. The number of Topliss-reactive ketones (excluding diaryl/α,β-unsaturated/α-hetero) is 1. The van der Waals surface area contributed by atoms with Gasteiger partial charge in [0, 0.05) is 16.1 Å². The van der Waals surface area contributed by atoms with Crippen LogP contribution in [0.1, 0.15) is 58.2 Å². The lowest BCUT2D eigenvalue weighted by Crippen LogP contribution is -2.13. The standard InChI is InChI=1S/C28H25BrO5/c1-16-12-21(33-27(31)17-6-8-19(9-7-17)28(2,3)4)15-23-25(16)26(30)24(34-23)14-18-13-20(29)10-11-22(18)32-5/h6-15H,1-5H3/b24-14-. The minimum Gasteiger partial charge on any atom is -0.496 e. The number of benzene rings is 3. The van der Waals surface area contributed by atoms with Gasteiger partial charge in [-0.3, -0.25) is 4.79 Å². The predicted octanol–water partition coefficient (Wildman–Crippen LogP) is 6.90. The van der Waals surface area contributed by atoms with Gasteiger partial charge in [0.1, 0.15) is 17.2 Å². The van der Waals surface area contributed by atoms with Gasteiger partial charge in [0.15, 0.2) is 5.76 Å². The van der Waals surface area contributed by atoms with Crippen molar-refractivity contribution >= 4 is 33.8 Å². The van der Waals surface area contributed by atoms with Crippen LogP contribution in [0, 0.1) is 6.92 Å². The van der Waals surface area contributed by atoms with Crippen LogP contribution < -0.4 is 14.2 Å². The summed E-state index contributed by atoms with van der Waals surface area (Å²) >= 11 is 3.44. The summed E-state index contributed by atoms with van der Waals surface area (Å²) in [6.45, 7) is 8.14. The van der Waals surface area contributed by atoms with Gasteiger partial charge in [0.2, 0.25) is 5.78 Å². The van der Waals surface area contributed by atoms with E-state index in [4.69, 9.17) is 14.2 Å². The number of aryl methyl sites for hydroxylation is 1. The minimum atomic E-state index is -0.473. The molecule has 0 amide bonds. The highest BCUT2D eigenvalue weighted by Gasteiger charge is 2.30. The van der Waals surface area contributed by atoms with Gasteiger partial charge in [-0.2, -0.15) is 0 Å². The van der Waals surface area contributed by atoms with E-state index in [2.05, 4.69) is 36.7 Å². The highest BCUT2D eigenvalue weighted by atomic mass is 79.9. The number of carbonyl (C=O) groups excluding carboxylic acids is 2. The third-order valence-electron chi connectivity index (χ3n) is 5.62. The molecule has 5 nitrogen and oxygen atoms in total. The van der Waals surface area contributed by atoms with Crippen LogP contribution in [-0.4, -0.2) is 18.9 Å². The number of hydrogen-bond acceptors (Lipinski definition) is 5. The highest BCUT2D eigenvalue weighted by Crippen LogP contribution is 2.38. The van der Waals surface area contributed by atoms with E-state index in [1.54, 1.807) is 50.4 Å². The molecule has 1 heterocycles. The van der Waals surface area contributed by atoms with Crippen molar-refractivity contribution in [1.82, 2.24) is 0 Å². The van der Waals surface area contributed by atoms with Crippen molar-refractivity contribution < 1.29 is 23.8 Å². The van der Waals surface area contributed by atoms with E-state index < -0.39 is 5.97 Å². The van der Waals surface area contributed by atoms with E-state index in [1.807, 2.05) is 24.3 Å². The average molecular weight is 521 g/mol. The number of hydrogen-bond donors (Lipinski definition) is 0. The van der Waals surface area contributed by atoms with Crippen molar-refractivity contribution in [3.05, 3.63) is 92.6 Å². The van der Waals surface area contributed by atoms with E-state index >= 15 is 0 Å². The largest absolute Gasteiger partial charge is 0.496 e. The number of halogens is 1. The van der Waals surface area contributed by atoms with Crippen LogP contribution in [0.2, 0.25) is 0 Å². The number of esters is 1. The highest BCUT2D eigenvalue weighted by molar-refractivity contribution is 9.10. The van der Waals surface area contributed by atoms with E-state index in [9.17, 15) is 9.59 Å². The molecular formula is C28H25BrO5. The molecule has 0 unspecified atom stereocenters. The van der Waals surface area contributed by atoms with Gasteiger partial charge in [-0.25, -0.2) is 4.79 Å². The first-order valence-electron chi connectivity index (χ1n) is 10.8. The Labute approximate surface area is 207 Å². The van der Waals surface area contributed by atoms with Crippen LogP contribution in [-0.2, 0) is 5.41 Å². The number of methoxy groups -OCH3 is 1. The second kappa shape index (κ2) is 9.11. The maximum Gasteiger partial charge on any atom is 0.343 e. The van der Waals surface area contributed by atoms with Gasteiger partial charge in [0.25, 0.3) is 0 Å². The van der Waals surface area contributed by atoms with Crippen LogP contribution in [0.25, 0.3) is 6.08 Å². The maximum atomic E-state index is 13.0. The first-order chi connectivity index (χ1) is 16.1. The van der Waals surface area contributed by atoms with Crippen molar-refractivity contribution in [2.24, 2.45) is 0 Å². The number of allylic oxidation sites excluding steroid dienone is 1. The molecule has 3 aromatic carbocycles. The van der Waals surface area contributed by atoms with Crippen molar-refractivity contribution in [2.75, 3.05) is 7.11 Å². The number of ketones is 1. The van der Waals surface area contributed by atoms with Crippen LogP contribution in [0.3, 0.4) is 0 Å². The molecule has 0 fully saturated rings. The summed E-state index contributed by atoms with van der Waals surface area (Å²) in [4.78, 5) is 25.7. The summed E-state index contributed by atoms with van der Waals surface area (Å²) in [5.41, 5.74) is 3.40. The van der Waals surface area contributed by atoms with Crippen LogP contribution in [0.4, 0.5) is 0 Å². The third-order valence-corrected chi connectivity index (χ3v) is 6.11. The zero-order valence-electron chi connectivity index (χ0n) is 19.7. The predicted molar refractivity (Wildman–Crippen MR) is 135 cm³/mol. The molecule has 0 spiro atoms. The fraction of sp³-hybridized carbons (Fsp3) is 0.214. The number of ether oxygens (including phenoxy) is 3. The second-order valence-corrected chi connectivity index (χ2v) is 10.1. The molecule has 0 saturated carbocycles. The van der Waals surface area contributed by atoms with Gasteiger partial charge >= 0.3 is 5.97 Å². The summed E-state index contributed by atoms with van der Waals surface area (Å²) in [7, 11) is 1.57. The molecule has 0 bridgehead atoms. The molecule has 0 N–H and O–H groups in total. The Morgan fingerprint density at radius 1 is 1.03 bits per heavy atom. The molecule has 0 aliphatic carbocycles. The van der Waals surface area contributed by atoms with Gasteiger partial charge in [-0.1, -0.05) is 48.8 Å². The molecule has 34 heavy (non-hydrogen) atoms. The quantitative estimate of drug-likeness (QED) is 0.212. The summed E-state index contributed by atoms with van der Waals surface area (Å²) in [6.07, 6.45) is 1.65. The fourth-order valence-corrected chi connectivity index (χ4v) is 4.15. The average Bonchev–Trinajstić information content (AvgIpc) is 3.08. The number of fused-ring (bicyclic) bond motifs is 1. The Balaban J connectivity index is 1.58. The second-order valence-electron chi connectivity index (χ2n) is 9.16. The Morgan fingerprint density at radius 2 is 1.74 bits per heavy atom. The Hall–Kier alpha value is -3.38. The topological polar surface area (TPSA) is 61.8 Å². The molecule has 174 valence electrons. The van der Waals surface area contributed by atoms with Gasteiger partial charge in [-0.15, -0.1) is 0 Å². The summed E-state index contributed by atoms with van der Waals surface area (Å²) in [5, 5.41) is 0. The molecule has 0 atom stereocenters. The van der Waals surface area contributed by atoms with E-state index in [0.717, 1.165) is 10.0 Å². The normalized spacial score (nSPS) is 14.1. The van der Waals surface area contributed by atoms with E-state index in [1.165, 1.54) is 0 Å². The van der Waals surface area contributed by atoms with Crippen LogP contribution in [0.5, 0.6) is 17.2 Å². The summed E-state index contributed by atoms with van der Waals surface area (Å²) < 4.78 is 17.7. The minimum absolute atomic E-state index is 0.00548. The first-order valence-corrected chi connectivity index (χ1v) is 11.6. The number of rotatable bonds is 4. The Morgan fingerprint density at radius 3 is 2.38 bits per heavy atom. The van der Waals surface area contributed by atoms with Gasteiger partial charge in [-0.05, 0) is 65.9 Å². The number of carbonyl (C=O) groups is 2. The molecule has 1 aliphatic heterocycles. The molecule has 3 aromatic rings. The zero-order chi connectivity index (χ0) is 24.6.